The molecule has 132 valence electrons. The molecule has 0 aromatic heterocycles. The van der Waals surface area contributed by atoms with E-state index in [0.29, 0.717) is 26.3 Å². The van der Waals surface area contributed by atoms with Gasteiger partial charge in [-0.2, -0.15) is 0 Å². The number of carbonyl (C=O) groups excluding carboxylic acids is 1. The van der Waals surface area contributed by atoms with Gasteiger partial charge in [-0.1, -0.05) is 12.1 Å². The fourth-order valence-corrected chi connectivity index (χ4v) is 3.26. The number of urea groups is 1. The first-order chi connectivity index (χ1) is 11.4. The maximum Gasteiger partial charge on any atom is 0.318 e. The van der Waals surface area contributed by atoms with Crippen molar-refractivity contribution in [3.8, 4) is 5.75 Å². The van der Waals surface area contributed by atoms with Gasteiger partial charge in [-0.05, 0) is 31.5 Å². The van der Waals surface area contributed by atoms with Crippen LogP contribution in [-0.4, -0.2) is 50.1 Å². The molecule has 0 aliphatic carbocycles. The van der Waals surface area contributed by atoms with E-state index in [-0.39, 0.29) is 6.03 Å². The van der Waals surface area contributed by atoms with E-state index in [2.05, 4.69) is 5.32 Å². The first-order valence-corrected chi connectivity index (χ1v) is 8.44. The summed E-state index contributed by atoms with van der Waals surface area (Å²) >= 11 is 0. The third-order valence-corrected chi connectivity index (χ3v) is 4.86. The normalized spacial score (nSPS) is 20.2. The van der Waals surface area contributed by atoms with E-state index < -0.39 is 11.3 Å². The number of nitrogens with zero attached hydrogens (tertiary/aromatic N) is 1. The van der Waals surface area contributed by atoms with Gasteiger partial charge in [-0.3, -0.25) is 0 Å². The molecule has 1 aromatic carbocycles. The van der Waals surface area contributed by atoms with Crippen LogP contribution in [0.15, 0.2) is 24.3 Å². The first-order valence-electron chi connectivity index (χ1n) is 8.44. The minimum atomic E-state index is -0.459. The molecule has 2 heterocycles. The Morgan fingerprint density at radius 2 is 1.75 bits per heavy atom. The predicted molar refractivity (Wildman–Crippen MR) is 90.0 cm³/mol. The second kappa shape index (κ2) is 6.61. The van der Waals surface area contributed by atoms with E-state index in [1.54, 1.807) is 7.11 Å². The molecule has 2 fully saturated rings. The Hall–Kier alpha value is -1.79. The highest BCUT2D eigenvalue weighted by molar-refractivity contribution is 5.75. The molecule has 0 radical (unpaired) electrons. The standard InChI is InChI=1S/C18H26N2O4/c1-17(2,14-4-6-15(22-3)7-5-14)19-16(21)20-10-8-18(9-11-20)23-12-13-24-18/h4-7H,8-13H2,1-3H3,(H,19,21). The third kappa shape index (κ3) is 3.49. The Labute approximate surface area is 143 Å². The van der Waals surface area contributed by atoms with Gasteiger partial charge in [0.25, 0.3) is 0 Å². The maximum absolute atomic E-state index is 12.6. The number of amides is 2. The first kappa shape index (κ1) is 17.0. The molecule has 0 saturated carbocycles. The quantitative estimate of drug-likeness (QED) is 0.922. The average Bonchev–Trinajstić information content (AvgIpc) is 3.03. The molecule has 2 amide bonds. The lowest BCUT2D eigenvalue weighted by atomic mass is 9.94. The Bertz CT molecular complexity index is 569. The molecule has 24 heavy (non-hydrogen) atoms. The van der Waals surface area contributed by atoms with Crippen molar-refractivity contribution in [2.75, 3.05) is 33.4 Å². The number of rotatable bonds is 3. The number of ether oxygens (including phenoxy) is 3. The zero-order valence-electron chi connectivity index (χ0n) is 14.6. The van der Waals surface area contributed by atoms with E-state index in [1.165, 1.54) is 0 Å². The van der Waals surface area contributed by atoms with Crippen molar-refractivity contribution in [1.82, 2.24) is 10.2 Å². The van der Waals surface area contributed by atoms with Crippen LogP contribution in [-0.2, 0) is 15.0 Å². The van der Waals surface area contributed by atoms with E-state index in [0.717, 1.165) is 24.2 Å². The molecule has 1 N–H and O–H groups in total. The highest BCUT2D eigenvalue weighted by Crippen LogP contribution is 2.31. The number of hydrogen-bond acceptors (Lipinski definition) is 4. The summed E-state index contributed by atoms with van der Waals surface area (Å²) < 4.78 is 16.6. The molecular weight excluding hydrogens is 308 g/mol. The monoisotopic (exact) mass is 334 g/mol. The van der Waals surface area contributed by atoms with Gasteiger partial charge in [-0.15, -0.1) is 0 Å². The van der Waals surface area contributed by atoms with Gasteiger partial charge in [0.05, 0.1) is 25.9 Å². The second-order valence-corrected chi connectivity index (χ2v) is 6.88. The highest BCUT2D eigenvalue weighted by Gasteiger charge is 2.41. The zero-order valence-corrected chi connectivity index (χ0v) is 14.6. The van der Waals surface area contributed by atoms with Crippen LogP contribution in [0.4, 0.5) is 4.79 Å². The van der Waals surface area contributed by atoms with Crippen LogP contribution in [0.25, 0.3) is 0 Å². The van der Waals surface area contributed by atoms with Crippen LogP contribution in [0.3, 0.4) is 0 Å². The largest absolute Gasteiger partial charge is 0.497 e. The number of methoxy groups -OCH3 is 1. The number of piperidine rings is 1. The van der Waals surface area contributed by atoms with Crippen LogP contribution in [0.1, 0.15) is 32.3 Å². The molecule has 3 rings (SSSR count). The zero-order chi connectivity index (χ0) is 17.2. The van der Waals surface area contributed by atoms with E-state index in [1.807, 2.05) is 43.0 Å². The number of nitrogens with one attached hydrogen (secondary N) is 1. The molecule has 2 aliphatic rings. The summed E-state index contributed by atoms with van der Waals surface area (Å²) in [6.07, 6.45) is 1.45. The maximum atomic E-state index is 12.6. The number of hydrogen-bond donors (Lipinski definition) is 1. The average molecular weight is 334 g/mol. The summed E-state index contributed by atoms with van der Waals surface area (Å²) in [4.78, 5) is 14.5. The third-order valence-electron chi connectivity index (χ3n) is 4.86. The van der Waals surface area contributed by atoms with E-state index in [4.69, 9.17) is 14.2 Å². The van der Waals surface area contributed by atoms with Crippen LogP contribution in [0.5, 0.6) is 5.75 Å². The number of carbonyl (C=O) groups is 1. The van der Waals surface area contributed by atoms with Gasteiger partial charge < -0.3 is 24.4 Å². The van der Waals surface area contributed by atoms with Crippen molar-refractivity contribution in [3.63, 3.8) is 0 Å². The SMILES string of the molecule is COc1ccc(C(C)(C)NC(=O)N2CCC3(CC2)OCCO3)cc1. The minimum Gasteiger partial charge on any atom is -0.497 e. The molecule has 6 heteroatoms. The second-order valence-electron chi connectivity index (χ2n) is 6.88. The summed E-state index contributed by atoms with van der Waals surface area (Å²) in [5.74, 6) is 0.348. The number of likely N-dealkylation sites (tertiary alicyclic amines) is 1. The fourth-order valence-electron chi connectivity index (χ4n) is 3.26. The molecule has 0 atom stereocenters. The number of benzene rings is 1. The Kier molecular flexibility index (Phi) is 4.69. The topological polar surface area (TPSA) is 60.0 Å². The lowest BCUT2D eigenvalue weighted by molar-refractivity contribution is -0.181. The summed E-state index contributed by atoms with van der Waals surface area (Å²) in [5, 5.41) is 3.12. The van der Waals surface area contributed by atoms with Crippen LogP contribution in [0, 0.1) is 0 Å². The lowest BCUT2D eigenvalue weighted by Gasteiger charge is -2.39. The molecular formula is C18H26N2O4. The smallest absolute Gasteiger partial charge is 0.318 e. The summed E-state index contributed by atoms with van der Waals surface area (Å²) in [6, 6.07) is 7.71. The van der Waals surface area contributed by atoms with Gasteiger partial charge in [0.15, 0.2) is 5.79 Å². The lowest BCUT2D eigenvalue weighted by Crippen LogP contribution is -2.53. The van der Waals surface area contributed by atoms with Crippen LogP contribution >= 0.6 is 0 Å². The van der Waals surface area contributed by atoms with Crippen molar-refractivity contribution in [1.29, 1.82) is 0 Å². The predicted octanol–water partition coefficient (Wildman–Crippen LogP) is 2.48. The van der Waals surface area contributed by atoms with Crippen molar-refractivity contribution < 1.29 is 19.0 Å². The molecule has 1 spiro atoms. The molecule has 2 saturated heterocycles. The van der Waals surface area contributed by atoms with E-state index >= 15 is 0 Å². The Morgan fingerprint density at radius 3 is 2.29 bits per heavy atom. The summed E-state index contributed by atoms with van der Waals surface area (Å²) in [7, 11) is 1.64. The molecule has 0 unspecified atom stereocenters. The van der Waals surface area contributed by atoms with Crippen LogP contribution < -0.4 is 10.1 Å². The molecule has 6 nitrogen and oxygen atoms in total. The summed E-state index contributed by atoms with van der Waals surface area (Å²) in [6.45, 7) is 6.59. The van der Waals surface area contributed by atoms with Crippen molar-refractivity contribution in [3.05, 3.63) is 29.8 Å². The van der Waals surface area contributed by atoms with Crippen molar-refractivity contribution in [2.24, 2.45) is 0 Å². The highest BCUT2D eigenvalue weighted by atomic mass is 16.7. The van der Waals surface area contributed by atoms with E-state index in [9.17, 15) is 4.79 Å². The Morgan fingerprint density at radius 1 is 1.17 bits per heavy atom. The van der Waals surface area contributed by atoms with Gasteiger partial charge >= 0.3 is 6.03 Å². The molecule has 1 aromatic rings. The summed E-state index contributed by atoms with van der Waals surface area (Å²) in [5.41, 5.74) is 0.575. The Balaban J connectivity index is 1.59. The van der Waals surface area contributed by atoms with Gasteiger partial charge in [0, 0.05) is 25.9 Å². The molecule has 0 bridgehead atoms. The molecule has 2 aliphatic heterocycles. The van der Waals surface area contributed by atoms with Gasteiger partial charge in [-0.25, -0.2) is 4.79 Å². The fraction of sp³-hybridized carbons (Fsp3) is 0.611. The van der Waals surface area contributed by atoms with Crippen LogP contribution in [0.2, 0.25) is 0 Å². The van der Waals surface area contributed by atoms with Gasteiger partial charge in [0.1, 0.15) is 5.75 Å². The van der Waals surface area contributed by atoms with Crippen molar-refractivity contribution in [2.45, 2.75) is 38.0 Å². The van der Waals surface area contributed by atoms with Crippen molar-refractivity contribution >= 4 is 6.03 Å². The van der Waals surface area contributed by atoms with Gasteiger partial charge in [0.2, 0.25) is 0 Å². The minimum absolute atomic E-state index is 0.0522.